The average Bonchev–Trinajstić information content (AvgIpc) is 2.65. The Morgan fingerprint density at radius 3 is 2.38 bits per heavy atom. The molecule has 1 amide bonds. The van der Waals surface area contributed by atoms with E-state index in [0.717, 1.165) is 44.8 Å². The van der Waals surface area contributed by atoms with Gasteiger partial charge in [-0.3, -0.25) is 4.79 Å². The third-order valence-corrected chi connectivity index (χ3v) is 5.57. The number of hydrogen-bond acceptors (Lipinski definition) is 4. The van der Waals surface area contributed by atoms with Crippen LogP contribution in [0.15, 0.2) is 23.1 Å². The van der Waals surface area contributed by atoms with E-state index in [0.29, 0.717) is 11.4 Å². The van der Waals surface area contributed by atoms with Crippen LogP contribution in [0.1, 0.15) is 38.5 Å². The van der Waals surface area contributed by atoms with Crippen LogP contribution in [0.25, 0.3) is 0 Å². The van der Waals surface area contributed by atoms with E-state index in [1.807, 2.05) is 6.07 Å². The predicted octanol–water partition coefficient (Wildman–Crippen LogP) is 2.55. The van der Waals surface area contributed by atoms with Gasteiger partial charge in [0.15, 0.2) is 9.84 Å². The van der Waals surface area contributed by atoms with Gasteiger partial charge in [-0.05, 0) is 25.0 Å². The number of carbonyl (C=O) groups is 1. The summed E-state index contributed by atoms with van der Waals surface area (Å²) in [7, 11) is -3.37. The summed E-state index contributed by atoms with van der Waals surface area (Å²) in [5.74, 6) is -0.104. The number of fused-ring (bicyclic) bond motifs is 1. The first-order chi connectivity index (χ1) is 9.92. The summed E-state index contributed by atoms with van der Waals surface area (Å²) in [6.45, 7) is 0. The van der Waals surface area contributed by atoms with Crippen LogP contribution in [-0.2, 0) is 14.6 Å². The fraction of sp³-hybridized carbons (Fsp3) is 0.533. The van der Waals surface area contributed by atoms with Crippen LogP contribution < -0.4 is 10.6 Å². The number of rotatable bonds is 1. The smallest absolute Gasteiger partial charge is 0.250 e. The molecule has 3 rings (SSSR count). The molecule has 1 aliphatic heterocycles. The average molecular weight is 308 g/mol. The number of benzene rings is 1. The Hall–Kier alpha value is -1.56. The van der Waals surface area contributed by atoms with Crippen molar-refractivity contribution in [1.82, 2.24) is 0 Å². The molecule has 1 aliphatic carbocycles. The van der Waals surface area contributed by atoms with Crippen LogP contribution in [-0.4, -0.2) is 26.1 Å². The highest BCUT2D eigenvalue weighted by atomic mass is 32.2. The monoisotopic (exact) mass is 308 g/mol. The first-order valence-electron chi connectivity index (χ1n) is 7.35. The largest absolute Gasteiger partial charge is 0.369 e. The van der Waals surface area contributed by atoms with E-state index in [1.54, 1.807) is 6.07 Å². The Kier molecular flexibility index (Phi) is 3.43. The lowest BCUT2D eigenvalue weighted by atomic mass is 9.87. The maximum atomic E-state index is 12.6. The van der Waals surface area contributed by atoms with Crippen molar-refractivity contribution >= 4 is 27.1 Å². The van der Waals surface area contributed by atoms with Gasteiger partial charge in [-0.25, -0.2) is 8.42 Å². The highest BCUT2D eigenvalue weighted by Gasteiger charge is 2.42. The van der Waals surface area contributed by atoms with Crippen molar-refractivity contribution in [3.63, 3.8) is 0 Å². The van der Waals surface area contributed by atoms with E-state index in [9.17, 15) is 13.2 Å². The maximum Gasteiger partial charge on any atom is 0.250 e. The molecule has 1 fully saturated rings. The number of amides is 1. The molecule has 1 saturated carbocycles. The second-order valence-corrected chi connectivity index (χ2v) is 8.01. The van der Waals surface area contributed by atoms with Gasteiger partial charge in [0.05, 0.1) is 16.3 Å². The SMILES string of the molecule is CS(=O)(=O)c1cccc2c1NC(=O)C1(CCCCCC1)N2. The first kappa shape index (κ1) is 14.4. The zero-order valence-corrected chi connectivity index (χ0v) is 12.9. The van der Waals surface area contributed by atoms with Crippen molar-refractivity contribution in [3.05, 3.63) is 18.2 Å². The van der Waals surface area contributed by atoms with Crippen LogP contribution >= 0.6 is 0 Å². The van der Waals surface area contributed by atoms with Gasteiger partial charge in [0.25, 0.3) is 0 Å². The van der Waals surface area contributed by atoms with Crippen molar-refractivity contribution in [2.24, 2.45) is 0 Å². The normalized spacial score (nSPS) is 21.1. The quantitative estimate of drug-likeness (QED) is 0.836. The second-order valence-electron chi connectivity index (χ2n) is 6.03. The molecule has 1 aromatic carbocycles. The van der Waals surface area contributed by atoms with E-state index in [4.69, 9.17) is 0 Å². The van der Waals surface area contributed by atoms with Gasteiger partial charge in [-0.1, -0.05) is 31.7 Å². The molecule has 1 aromatic rings. The number of sulfone groups is 1. The summed E-state index contributed by atoms with van der Waals surface area (Å²) < 4.78 is 23.7. The van der Waals surface area contributed by atoms with Gasteiger partial charge in [-0.2, -0.15) is 0 Å². The van der Waals surface area contributed by atoms with Gasteiger partial charge >= 0.3 is 0 Å². The molecule has 114 valence electrons. The summed E-state index contributed by atoms with van der Waals surface area (Å²) in [5, 5.41) is 6.18. The van der Waals surface area contributed by atoms with Crippen molar-refractivity contribution < 1.29 is 13.2 Å². The molecule has 21 heavy (non-hydrogen) atoms. The molecule has 0 radical (unpaired) electrons. The van der Waals surface area contributed by atoms with Crippen molar-refractivity contribution in [1.29, 1.82) is 0 Å². The molecule has 1 heterocycles. The first-order valence-corrected chi connectivity index (χ1v) is 9.24. The molecule has 0 saturated heterocycles. The minimum absolute atomic E-state index is 0.104. The van der Waals surface area contributed by atoms with E-state index < -0.39 is 15.4 Å². The molecule has 2 aliphatic rings. The Labute approximate surface area is 125 Å². The van der Waals surface area contributed by atoms with Crippen LogP contribution in [0.4, 0.5) is 11.4 Å². The Bertz CT molecular complexity index is 674. The van der Waals surface area contributed by atoms with Crippen molar-refractivity contribution in [2.75, 3.05) is 16.9 Å². The summed E-state index contributed by atoms with van der Waals surface area (Å²) in [6.07, 6.45) is 7.07. The van der Waals surface area contributed by atoms with E-state index >= 15 is 0 Å². The fourth-order valence-corrected chi connectivity index (χ4v) is 4.16. The maximum absolute atomic E-state index is 12.6. The van der Waals surface area contributed by atoms with Crippen LogP contribution in [0.3, 0.4) is 0 Å². The van der Waals surface area contributed by atoms with Gasteiger partial charge < -0.3 is 10.6 Å². The lowest BCUT2D eigenvalue weighted by Gasteiger charge is -2.38. The minimum atomic E-state index is -3.37. The molecule has 0 unspecified atom stereocenters. The Morgan fingerprint density at radius 1 is 1.10 bits per heavy atom. The third kappa shape index (κ3) is 2.52. The van der Waals surface area contributed by atoms with E-state index in [-0.39, 0.29) is 10.8 Å². The Morgan fingerprint density at radius 2 is 1.76 bits per heavy atom. The van der Waals surface area contributed by atoms with E-state index in [2.05, 4.69) is 10.6 Å². The molecule has 6 heteroatoms. The topological polar surface area (TPSA) is 75.3 Å². The fourth-order valence-electron chi connectivity index (χ4n) is 3.31. The lowest BCUT2D eigenvalue weighted by Crippen LogP contribution is -2.52. The second kappa shape index (κ2) is 5.02. The number of hydrogen-bond donors (Lipinski definition) is 2. The van der Waals surface area contributed by atoms with Crippen LogP contribution in [0.2, 0.25) is 0 Å². The summed E-state index contributed by atoms with van der Waals surface area (Å²) in [6, 6.07) is 5.07. The molecular weight excluding hydrogens is 288 g/mol. The zero-order valence-electron chi connectivity index (χ0n) is 12.1. The molecule has 0 aromatic heterocycles. The summed E-state index contributed by atoms with van der Waals surface area (Å²) >= 11 is 0. The number of para-hydroxylation sites is 1. The standard InChI is InChI=1S/C15H20N2O3S/c1-21(19,20)12-8-6-7-11-13(12)16-14(18)15(17-11)9-4-2-3-5-10-15/h6-8,17H,2-5,9-10H2,1H3,(H,16,18). The lowest BCUT2D eigenvalue weighted by molar-refractivity contribution is -0.121. The van der Waals surface area contributed by atoms with Crippen LogP contribution in [0, 0.1) is 0 Å². The van der Waals surface area contributed by atoms with Crippen molar-refractivity contribution in [3.8, 4) is 0 Å². The molecule has 2 N–H and O–H groups in total. The number of anilines is 2. The number of carbonyl (C=O) groups excluding carboxylic acids is 1. The number of nitrogens with one attached hydrogen (secondary N) is 2. The molecular formula is C15H20N2O3S. The van der Waals surface area contributed by atoms with E-state index in [1.165, 1.54) is 6.07 Å². The highest BCUT2D eigenvalue weighted by molar-refractivity contribution is 7.90. The van der Waals surface area contributed by atoms with Gasteiger partial charge in [-0.15, -0.1) is 0 Å². The molecule has 5 nitrogen and oxygen atoms in total. The van der Waals surface area contributed by atoms with Gasteiger partial charge in [0.2, 0.25) is 5.91 Å². The zero-order chi connectivity index (χ0) is 15.1. The predicted molar refractivity (Wildman–Crippen MR) is 82.2 cm³/mol. The molecule has 0 bridgehead atoms. The minimum Gasteiger partial charge on any atom is -0.369 e. The van der Waals surface area contributed by atoms with Gasteiger partial charge in [0.1, 0.15) is 5.54 Å². The third-order valence-electron chi connectivity index (χ3n) is 4.43. The summed E-state index contributed by atoms with van der Waals surface area (Å²) in [5.41, 5.74) is 0.513. The molecule has 1 spiro atoms. The van der Waals surface area contributed by atoms with Gasteiger partial charge in [0, 0.05) is 6.26 Å². The Balaban J connectivity index is 2.05. The van der Waals surface area contributed by atoms with Crippen molar-refractivity contribution in [2.45, 2.75) is 49.0 Å². The van der Waals surface area contributed by atoms with Crippen LogP contribution in [0.5, 0.6) is 0 Å². The summed E-state index contributed by atoms with van der Waals surface area (Å²) in [4.78, 5) is 12.8. The highest BCUT2D eigenvalue weighted by Crippen LogP contribution is 2.40. The molecule has 0 atom stereocenters.